The Kier molecular flexibility index (Phi) is 5.03. The van der Waals surface area contributed by atoms with Gasteiger partial charge in [-0.15, -0.1) is 0 Å². The lowest BCUT2D eigenvalue weighted by molar-refractivity contribution is -0.0328. The molecular formula is C11H8BrF3O3S. The first-order valence-electron chi connectivity index (χ1n) is 4.93. The van der Waals surface area contributed by atoms with Crippen LogP contribution in [-0.4, -0.2) is 27.2 Å². The van der Waals surface area contributed by atoms with E-state index in [1.165, 1.54) is 6.92 Å². The molecule has 1 rings (SSSR count). The SMILES string of the molecule is CC(Br)C(=O)c1ccc(SC(F)(F)F)cc1C(=O)O. The fourth-order valence-corrected chi connectivity index (χ4v) is 2.15. The fraction of sp³-hybridized carbons (Fsp3) is 0.273. The van der Waals surface area contributed by atoms with Gasteiger partial charge in [-0.2, -0.15) is 13.2 Å². The molecule has 0 aromatic heterocycles. The Morgan fingerprint density at radius 2 is 1.89 bits per heavy atom. The minimum atomic E-state index is -4.51. The van der Waals surface area contributed by atoms with Crippen molar-refractivity contribution in [1.82, 2.24) is 0 Å². The Bertz CT molecular complexity index is 514. The lowest BCUT2D eigenvalue weighted by atomic mass is 10.0. The van der Waals surface area contributed by atoms with Gasteiger partial charge in [0.1, 0.15) is 0 Å². The zero-order valence-corrected chi connectivity index (χ0v) is 11.9. The van der Waals surface area contributed by atoms with E-state index in [1.54, 1.807) is 0 Å². The molecule has 1 unspecified atom stereocenters. The number of alkyl halides is 4. The maximum Gasteiger partial charge on any atom is 0.446 e. The van der Waals surface area contributed by atoms with E-state index in [0.29, 0.717) is 0 Å². The number of halogens is 4. The number of benzene rings is 1. The van der Waals surface area contributed by atoms with E-state index in [9.17, 15) is 22.8 Å². The summed E-state index contributed by atoms with van der Waals surface area (Å²) in [5, 5.41) is 8.96. The molecule has 0 saturated carbocycles. The van der Waals surface area contributed by atoms with Gasteiger partial charge in [-0.25, -0.2) is 4.79 Å². The molecule has 0 amide bonds. The summed E-state index contributed by atoms with van der Waals surface area (Å²) in [4.78, 5) is 21.8. The molecule has 0 heterocycles. The number of carbonyl (C=O) groups excluding carboxylic acids is 1. The maximum absolute atomic E-state index is 12.2. The summed E-state index contributed by atoms with van der Waals surface area (Å²) in [5.74, 6) is -1.94. The fourth-order valence-electron chi connectivity index (χ4n) is 1.33. The molecule has 3 nitrogen and oxygen atoms in total. The third kappa shape index (κ3) is 4.54. The van der Waals surface area contributed by atoms with Gasteiger partial charge in [0.25, 0.3) is 0 Å². The maximum atomic E-state index is 12.2. The van der Waals surface area contributed by atoms with Crippen LogP contribution in [0.1, 0.15) is 27.6 Å². The number of hydrogen-bond donors (Lipinski definition) is 1. The Balaban J connectivity index is 3.23. The zero-order chi connectivity index (χ0) is 14.8. The average molecular weight is 357 g/mol. The van der Waals surface area contributed by atoms with Crippen molar-refractivity contribution in [3.63, 3.8) is 0 Å². The van der Waals surface area contributed by atoms with Gasteiger partial charge in [0.2, 0.25) is 0 Å². The van der Waals surface area contributed by atoms with Crippen molar-refractivity contribution >= 4 is 39.4 Å². The van der Waals surface area contributed by atoms with Crippen molar-refractivity contribution in [2.45, 2.75) is 22.2 Å². The Hall–Kier alpha value is -1.02. The molecule has 0 bridgehead atoms. The summed E-state index contributed by atoms with van der Waals surface area (Å²) in [5.41, 5.74) is -5.07. The molecule has 0 fully saturated rings. The molecule has 0 radical (unpaired) electrons. The van der Waals surface area contributed by atoms with Crippen LogP contribution in [0.2, 0.25) is 0 Å². The Labute approximate surface area is 119 Å². The predicted molar refractivity (Wildman–Crippen MR) is 68.0 cm³/mol. The van der Waals surface area contributed by atoms with E-state index in [0.717, 1.165) is 18.2 Å². The number of rotatable bonds is 4. The molecule has 104 valence electrons. The van der Waals surface area contributed by atoms with Crippen LogP contribution in [0, 0.1) is 0 Å². The van der Waals surface area contributed by atoms with Crippen LogP contribution in [0.15, 0.2) is 23.1 Å². The van der Waals surface area contributed by atoms with Gasteiger partial charge in [-0.1, -0.05) is 15.9 Å². The van der Waals surface area contributed by atoms with E-state index in [2.05, 4.69) is 15.9 Å². The molecule has 8 heteroatoms. The third-order valence-corrected chi connectivity index (χ3v) is 3.22. The van der Waals surface area contributed by atoms with Crippen LogP contribution >= 0.6 is 27.7 Å². The first-order chi connectivity index (χ1) is 8.61. The van der Waals surface area contributed by atoms with E-state index in [1.807, 2.05) is 0 Å². The van der Waals surface area contributed by atoms with Gasteiger partial charge in [-0.3, -0.25) is 4.79 Å². The van der Waals surface area contributed by atoms with Crippen LogP contribution < -0.4 is 0 Å². The highest BCUT2D eigenvalue weighted by atomic mass is 79.9. The molecule has 1 atom stereocenters. The minimum absolute atomic E-state index is 0.122. The van der Waals surface area contributed by atoms with Crippen molar-refractivity contribution in [3.05, 3.63) is 29.3 Å². The number of carboxylic acid groups (broad SMARTS) is 1. The van der Waals surface area contributed by atoms with E-state index in [4.69, 9.17) is 5.11 Å². The molecule has 0 spiro atoms. The molecule has 1 aromatic rings. The van der Waals surface area contributed by atoms with Crippen LogP contribution in [0.5, 0.6) is 0 Å². The van der Waals surface area contributed by atoms with Crippen molar-refractivity contribution < 1.29 is 27.9 Å². The lowest BCUT2D eigenvalue weighted by Gasteiger charge is -2.10. The topological polar surface area (TPSA) is 54.4 Å². The lowest BCUT2D eigenvalue weighted by Crippen LogP contribution is -2.15. The van der Waals surface area contributed by atoms with E-state index in [-0.39, 0.29) is 10.5 Å². The highest BCUT2D eigenvalue weighted by Gasteiger charge is 2.30. The smallest absolute Gasteiger partial charge is 0.446 e. The summed E-state index contributed by atoms with van der Waals surface area (Å²) in [6, 6.07) is 3.02. The number of carboxylic acids is 1. The normalized spacial score (nSPS) is 13.1. The first kappa shape index (κ1) is 16.0. The number of carbonyl (C=O) groups is 2. The molecule has 0 aliphatic rings. The number of Topliss-reactive ketones (excluding diaryl/α,β-unsaturated/α-hetero) is 1. The minimum Gasteiger partial charge on any atom is -0.478 e. The Morgan fingerprint density at radius 3 is 2.32 bits per heavy atom. The summed E-state index contributed by atoms with van der Waals surface area (Å²) >= 11 is 2.57. The van der Waals surface area contributed by atoms with Crippen molar-refractivity contribution in [2.75, 3.05) is 0 Å². The number of thioether (sulfide) groups is 1. The van der Waals surface area contributed by atoms with Gasteiger partial charge in [0, 0.05) is 10.5 Å². The molecule has 0 aliphatic heterocycles. The zero-order valence-electron chi connectivity index (χ0n) is 9.49. The summed E-state index contributed by atoms with van der Waals surface area (Å²) in [6.07, 6.45) is 0. The monoisotopic (exact) mass is 356 g/mol. The quantitative estimate of drug-likeness (QED) is 0.504. The highest BCUT2D eigenvalue weighted by molar-refractivity contribution is 9.10. The third-order valence-electron chi connectivity index (χ3n) is 2.08. The summed E-state index contributed by atoms with van der Waals surface area (Å²) in [6.45, 7) is 1.51. The highest BCUT2D eigenvalue weighted by Crippen LogP contribution is 2.37. The van der Waals surface area contributed by atoms with Gasteiger partial charge >= 0.3 is 11.5 Å². The van der Waals surface area contributed by atoms with Gasteiger partial charge in [-0.05, 0) is 36.9 Å². The van der Waals surface area contributed by atoms with Crippen molar-refractivity contribution in [1.29, 1.82) is 0 Å². The van der Waals surface area contributed by atoms with E-state index < -0.39 is 39.4 Å². The van der Waals surface area contributed by atoms with Gasteiger partial charge < -0.3 is 5.11 Å². The second-order valence-electron chi connectivity index (χ2n) is 3.54. The summed E-state index contributed by atoms with van der Waals surface area (Å²) in [7, 11) is 0. The van der Waals surface area contributed by atoms with Gasteiger partial charge in [0.15, 0.2) is 5.78 Å². The second-order valence-corrected chi connectivity index (χ2v) is 6.05. The van der Waals surface area contributed by atoms with Crippen LogP contribution in [0.3, 0.4) is 0 Å². The first-order valence-corrected chi connectivity index (χ1v) is 6.66. The van der Waals surface area contributed by atoms with Crippen LogP contribution in [0.4, 0.5) is 13.2 Å². The number of ketones is 1. The molecule has 1 aromatic carbocycles. The largest absolute Gasteiger partial charge is 0.478 e. The van der Waals surface area contributed by atoms with Crippen molar-refractivity contribution in [2.24, 2.45) is 0 Å². The summed E-state index contributed by atoms with van der Waals surface area (Å²) < 4.78 is 36.6. The predicted octanol–water partition coefficient (Wildman–Crippen LogP) is 3.96. The van der Waals surface area contributed by atoms with E-state index >= 15 is 0 Å². The molecule has 1 N–H and O–H groups in total. The molecular weight excluding hydrogens is 349 g/mol. The molecule has 0 aliphatic carbocycles. The average Bonchev–Trinajstić information content (AvgIpc) is 2.25. The standard InChI is InChI=1S/C11H8BrF3O3S/c1-5(12)9(16)7-3-2-6(19-11(13,14)15)4-8(7)10(17)18/h2-5H,1H3,(H,17,18). The number of aromatic carboxylic acids is 1. The van der Waals surface area contributed by atoms with Gasteiger partial charge in [0.05, 0.1) is 10.4 Å². The number of hydrogen-bond acceptors (Lipinski definition) is 3. The second kappa shape index (κ2) is 5.96. The van der Waals surface area contributed by atoms with Crippen LogP contribution in [-0.2, 0) is 0 Å². The Morgan fingerprint density at radius 1 is 1.32 bits per heavy atom. The van der Waals surface area contributed by atoms with Crippen molar-refractivity contribution in [3.8, 4) is 0 Å². The van der Waals surface area contributed by atoms with Crippen LogP contribution in [0.25, 0.3) is 0 Å². The molecule has 19 heavy (non-hydrogen) atoms. The molecule has 0 saturated heterocycles.